The number of allylic oxidation sites excluding steroid dienone is 1. The minimum Gasteiger partial charge on any atom is -0.353 e. The van der Waals surface area contributed by atoms with Crippen LogP contribution >= 0.6 is 11.6 Å². The Hall–Kier alpha value is -2.85. The lowest BCUT2D eigenvalue weighted by Gasteiger charge is -2.39. The highest BCUT2D eigenvalue weighted by molar-refractivity contribution is 6.30. The van der Waals surface area contributed by atoms with E-state index in [9.17, 15) is 18.0 Å². The number of halogens is 4. The molecule has 11 heteroatoms. The summed E-state index contributed by atoms with van der Waals surface area (Å²) in [4.78, 5) is 25.4. The summed E-state index contributed by atoms with van der Waals surface area (Å²) in [5.41, 5.74) is 1.18. The first-order valence-electron chi connectivity index (χ1n) is 11.9. The van der Waals surface area contributed by atoms with Crippen molar-refractivity contribution in [2.75, 3.05) is 42.9 Å². The number of amides is 1. The van der Waals surface area contributed by atoms with E-state index in [0.717, 1.165) is 5.56 Å². The third-order valence-corrected chi connectivity index (χ3v) is 6.80. The van der Waals surface area contributed by atoms with Crippen LogP contribution in [0, 0.1) is 0 Å². The molecule has 0 radical (unpaired) electrons. The fraction of sp³-hybridized carbons (Fsp3) is 0.480. The molecule has 1 amide bonds. The van der Waals surface area contributed by atoms with Crippen LogP contribution in [0.15, 0.2) is 42.9 Å². The number of fused-ring (bicyclic) bond motifs is 1. The van der Waals surface area contributed by atoms with Crippen LogP contribution in [-0.4, -0.2) is 65.7 Å². The smallest absolute Gasteiger partial charge is 0.353 e. The van der Waals surface area contributed by atoms with Gasteiger partial charge in [-0.2, -0.15) is 13.2 Å². The predicted octanol–water partition coefficient (Wildman–Crippen LogP) is 4.54. The second-order valence-electron chi connectivity index (χ2n) is 9.47. The number of carbonyl (C=O) groups excluding carboxylic acids is 1. The molecule has 2 aliphatic heterocycles. The third-order valence-electron chi connectivity index (χ3n) is 6.54. The van der Waals surface area contributed by atoms with Crippen molar-refractivity contribution in [1.29, 1.82) is 0 Å². The Balaban J connectivity index is 1.52. The Morgan fingerprint density at radius 1 is 1.19 bits per heavy atom. The summed E-state index contributed by atoms with van der Waals surface area (Å²) in [6, 6.07) is 7.45. The van der Waals surface area contributed by atoms with Gasteiger partial charge in [-0.25, -0.2) is 9.97 Å². The van der Waals surface area contributed by atoms with Gasteiger partial charge < -0.3 is 20.4 Å². The number of anilines is 2. The SMILES string of the molecule is C=C1C[C@@H](C(F)(F)F)c2c(ncnc2N2CCN(C(=O)[C@H](CNC(C)C)c3ccc(Cl)cc3)CC2)N1. The lowest BCUT2D eigenvalue weighted by molar-refractivity contribution is -0.150. The number of nitrogens with zero attached hydrogens (tertiary/aromatic N) is 4. The summed E-state index contributed by atoms with van der Waals surface area (Å²) in [5, 5.41) is 6.81. The average Bonchev–Trinajstić information content (AvgIpc) is 2.83. The lowest BCUT2D eigenvalue weighted by atomic mass is 9.90. The van der Waals surface area contributed by atoms with Gasteiger partial charge in [0.2, 0.25) is 5.91 Å². The quantitative estimate of drug-likeness (QED) is 0.580. The fourth-order valence-corrected chi connectivity index (χ4v) is 4.79. The maximum absolute atomic E-state index is 13.9. The number of alkyl halides is 3. The van der Waals surface area contributed by atoms with Crippen molar-refractivity contribution < 1.29 is 18.0 Å². The van der Waals surface area contributed by atoms with Crippen molar-refractivity contribution in [1.82, 2.24) is 20.2 Å². The molecule has 36 heavy (non-hydrogen) atoms. The summed E-state index contributed by atoms with van der Waals surface area (Å²) < 4.78 is 41.7. The summed E-state index contributed by atoms with van der Waals surface area (Å²) in [6.45, 7) is 9.67. The molecule has 0 bridgehead atoms. The third kappa shape index (κ3) is 5.75. The van der Waals surface area contributed by atoms with Crippen LogP contribution in [0.3, 0.4) is 0 Å². The molecule has 7 nitrogen and oxygen atoms in total. The molecule has 0 aliphatic carbocycles. The van der Waals surface area contributed by atoms with Gasteiger partial charge in [-0.3, -0.25) is 4.79 Å². The molecule has 2 N–H and O–H groups in total. The summed E-state index contributed by atoms with van der Waals surface area (Å²) >= 11 is 6.04. The van der Waals surface area contributed by atoms with E-state index in [4.69, 9.17) is 11.6 Å². The van der Waals surface area contributed by atoms with Crippen molar-refractivity contribution >= 4 is 29.1 Å². The molecule has 3 heterocycles. The zero-order valence-electron chi connectivity index (χ0n) is 20.3. The highest BCUT2D eigenvalue weighted by Crippen LogP contribution is 2.47. The number of hydrogen-bond donors (Lipinski definition) is 2. The van der Waals surface area contributed by atoms with Gasteiger partial charge in [0, 0.05) is 61.5 Å². The van der Waals surface area contributed by atoms with E-state index in [1.54, 1.807) is 17.0 Å². The van der Waals surface area contributed by atoms with Gasteiger partial charge in [0.25, 0.3) is 0 Å². The first-order chi connectivity index (χ1) is 17.0. The zero-order chi connectivity index (χ0) is 26.0. The van der Waals surface area contributed by atoms with Crippen LogP contribution in [-0.2, 0) is 4.79 Å². The maximum atomic E-state index is 13.9. The van der Waals surface area contributed by atoms with E-state index in [0.29, 0.717) is 37.7 Å². The van der Waals surface area contributed by atoms with Gasteiger partial charge in [-0.05, 0) is 17.7 Å². The number of hydrogen-bond acceptors (Lipinski definition) is 6. The van der Waals surface area contributed by atoms with E-state index >= 15 is 0 Å². The summed E-state index contributed by atoms with van der Waals surface area (Å²) in [6.07, 6.45) is -3.45. The second-order valence-corrected chi connectivity index (χ2v) is 9.90. The topological polar surface area (TPSA) is 73.4 Å². The molecule has 0 saturated carbocycles. The summed E-state index contributed by atoms with van der Waals surface area (Å²) in [5.74, 6) is -1.76. The Morgan fingerprint density at radius 2 is 1.86 bits per heavy atom. The van der Waals surface area contributed by atoms with Crippen LogP contribution in [0.4, 0.5) is 24.8 Å². The molecule has 2 atom stereocenters. The molecule has 0 unspecified atom stereocenters. The van der Waals surface area contributed by atoms with Crippen molar-refractivity contribution in [2.45, 2.75) is 44.3 Å². The number of benzene rings is 1. The Bertz CT molecular complexity index is 1100. The fourth-order valence-electron chi connectivity index (χ4n) is 4.66. The van der Waals surface area contributed by atoms with Gasteiger partial charge in [0.05, 0.1) is 11.8 Å². The van der Waals surface area contributed by atoms with Crippen LogP contribution < -0.4 is 15.5 Å². The molecule has 2 aliphatic rings. The van der Waals surface area contributed by atoms with Gasteiger partial charge in [0.15, 0.2) is 0 Å². The highest BCUT2D eigenvalue weighted by atomic mass is 35.5. The Kier molecular flexibility index (Phi) is 7.75. The second kappa shape index (κ2) is 10.6. The van der Waals surface area contributed by atoms with Gasteiger partial charge in [-0.15, -0.1) is 0 Å². The van der Waals surface area contributed by atoms with E-state index in [1.807, 2.05) is 30.9 Å². The van der Waals surface area contributed by atoms with E-state index in [1.165, 1.54) is 6.33 Å². The van der Waals surface area contributed by atoms with E-state index < -0.39 is 18.0 Å². The number of carbonyl (C=O) groups is 1. The van der Waals surface area contributed by atoms with Crippen molar-refractivity contribution in [3.8, 4) is 0 Å². The Labute approximate surface area is 213 Å². The minimum atomic E-state index is -4.45. The molecule has 1 aromatic carbocycles. The highest BCUT2D eigenvalue weighted by Gasteiger charge is 2.47. The molecule has 1 saturated heterocycles. The van der Waals surface area contributed by atoms with E-state index in [2.05, 4.69) is 27.2 Å². The summed E-state index contributed by atoms with van der Waals surface area (Å²) in [7, 11) is 0. The number of aromatic nitrogens is 2. The van der Waals surface area contributed by atoms with Gasteiger partial charge >= 0.3 is 6.18 Å². The molecule has 194 valence electrons. The molecule has 1 aromatic heterocycles. The van der Waals surface area contributed by atoms with Crippen LogP contribution in [0.5, 0.6) is 0 Å². The standard InChI is InChI=1S/C25H30ClF3N6O/c1-15(2)30-13-19(17-4-6-18(26)7-5-17)24(36)35-10-8-34(9-11-35)23-21-20(25(27,28)29)12-16(3)33-22(21)31-14-32-23/h4-7,14-15,19-20,30H,3,8-13H2,1-2H3,(H,31,32,33)/t19-,20-/m1/s1. The van der Waals surface area contributed by atoms with Gasteiger partial charge in [0.1, 0.15) is 18.0 Å². The maximum Gasteiger partial charge on any atom is 0.396 e. The monoisotopic (exact) mass is 522 g/mol. The molecule has 2 aromatic rings. The first kappa shape index (κ1) is 26.2. The Morgan fingerprint density at radius 3 is 2.47 bits per heavy atom. The van der Waals surface area contributed by atoms with Crippen molar-refractivity contribution in [3.63, 3.8) is 0 Å². The predicted molar refractivity (Wildman–Crippen MR) is 134 cm³/mol. The van der Waals surface area contributed by atoms with Crippen molar-refractivity contribution in [3.05, 3.63) is 59.0 Å². The molecular weight excluding hydrogens is 493 g/mol. The van der Waals surface area contributed by atoms with Crippen LogP contribution in [0.2, 0.25) is 5.02 Å². The van der Waals surface area contributed by atoms with Crippen LogP contribution in [0.25, 0.3) is 0 Å². The molecule has 0 spiro atoms. The molecule has 4 rings (SSSR count). The molecular formula is C25H30ClF3N6O. The lowest BCUT2D eigenvalue weighted by Crippen LogP contribution is -2.51. The number of nitrogens with one attached hydrogen (secondary N) is 2. The van der Waals surface area contributed by atoms with Crippen LogP contribution in [0.1, 0.15) is 43.2 Å². The van der Waals surface area contributed by atoms with Crippen molar-refractivity contribution in [2.24, 2.45) is 0 Å². The number of piperazine rings is 1. The normalized spacial score (nSPS) is 19.2. The van der Waals surface area contributed by atoms with Gasteiger partial charge in [-0.1, -0.05) is 44.2 Å². The molecule has 1 fully saturated rings. The average molecular weight is 523 g/mol. The minimum absolute atomic E-state index is 0.0269. The zero-order valence-corrected chi connectivity index (χ0v) is 21.0. The first-order valence-corrected chi connectivity index (χ1v) is 12.3. The largest absolute Gasteiger partial charge is 0.396 e. The van der Waals surface area contributed by atoms with E-state index in [-0.39, 0.29) is 41.3 Å². The number of rotatable bonds is 6.